The molecule has 3 heterocycles. The molecule has 2 aromatic heterocycles. The fourth-order valence-electron chi connectivity index (χ4n) is 2.72. The number of hydrogen-bond acceptors (Lipinski definition) is 6. The molecule has 116 valence electrons. The van der Waals surface area contributed by atoms with E-state index >= 15 is 0 Å². The van der Waals surface area contributed by atoms with Crippen LogP contribution in [0.15, 0.2) is 22.7 Å². The van der Waals surface area contributed by atoms with E-state index in [4.69, 9.17) is 4.74 Å². The zero-order chi connectivity index (χ0) is 15.1. The van der Waals surface area contributed by atoms with Crippen molar-refractivity contribution in [1.82, 2.24) is 14.8 Å². The highest BCUT2D eigenvalue weighted by Gasteiger charge is 2.36. The monoisotopic (exact) mass is 335 g/mol. The summed E-state index contributed by atoms with van der Waals surface area (Å²) in [7, 11) is 0. The number of aromatic nitrogens is 3. The maximum atomic E-state index is 11.9. The fourth-order valence-corrected chi connectivity index (χ4v) is 4.65. The molecule has 2 aromatic rings. The van der Waals surface area contributed by atoms with Crippen LogP contribution in [0.4, 0.5) is 0 Å². The Morgan fingerprint density at radius 2 is 2.32 bits per heavy atom. The summed E-state index contributed by atoms with van der Waals surface area (Å²) >= 11 is 3.25. The van der Waals surface area contributed by atoms with Gasteiger partial charge in [-0.25, -0.2) is 0 Å². The molecular formula is C15H17N3O2S2. The predicted octanol–water partition coefficient (Wildman–Crippen LogP) is 3.06. The van der Waals surface area contributed by atoms with Crippen LogP contribution >= 0.6 is 23.1 Å². The van der Waals surface area contributed by atoms with E-state index in [0.29, 0.717) is 6.04 Å². The standard InChI is InChI=1S/C15H17N3O2S2/c1-9-7-12(14(19)20-9)22-15-17-16-13(18(15)10-4-5-10)8-11-3-2-6-21-11/h2-3,6,9-10,12H,4-5,7-8H2,1H3/t9-,12-/m0/s1. The van der Waals surface area contributed by atoms with Gasteiger partial charge in [0.2, 0.25) is 0 Å². The third-order valence-electron chi connectivity index (χ3n) is 3.93. The first kappa shape index (κ1) is 14.3. The number of hydrogen-bond donors (Lipinski definition) is 0. The van der Waals surface area contributed by atoms with E-state index < -0.39 is 0 Å². The molecule has 1 saturated heterocycles. The Morgan fingerprint density at radius 1 is 1.45 bits per heavy atom. The summed E-state index contributed by atoms with van der Waals surface area (Å²) < 4.78 is 7.48. The Hall–Kier alpha value is -1.34. The number of carbonyl (C=O) groups excluding carboxylic acids is 1. The molecule has 0 spiro atoms. The molecule has 1 saturated carbocycles. The lowest BCUT2D eigenvalue weighted by Gasteiger charge is -2.09. The number of cyclic esters (lactones) is 1. The van der Waals surface area contributed by atoms with Crippen molar-refractivity contribution < 1.29 is 9.53 Å². The van der Waals surface area contributed by atoms with Crippen molar-refractivity contribution in [2.75, 3.05) is 0 Å². The lowest BCUT2D eigenvalue weighted by atomic mass is 10.3. The Bertz CT molecular complexity index is 679. The zero-order valence-electron chi connectivity index (χ0n) is 12.3. The van der Waals surface area contributed by atoms with Crippen LogP contribution in [0.2, 0.25) is 0 Å². The Morgan fingerprint density at radius 3 is 2.95 bits per heavy atom. The number of ether oxygens (including phenoxy) is 1. The lowest BCUT2D eigenvalue weighted by Crippen LogP contribution is -2.12. The summed E-state index contributed by atoms with van der Waals surface area (Å²) in [6, 6.07) is 4.69. The number of carbonyl (C=O) groups is 1. The number of rotatable bonds is 5. The van der Waals surface area contributed by atoms with Gasteiger partial charge < -0.3 is 9.30 Å². The first-order valence-electron chi connectivity index (χ1n) is 7.54. The maximum absolute atomic E-state index is 11.9. The van der Waals surface area contributed by atoms with E-state index in [-0.39, 0.29) is 17.3 Å². The number of nitrogens with zero attached hydrogens (tertiary/aromatic N) is 3. The Kier molecular flexibility index (Phi) is 3.69. The van der Waals surface area contributed by atoms with Gasteiger partial charge in [-0.05, 0) is 31.2 Å². The van der Waals surface area contributed by atoms with Gasteiger partial charge in [0.25, 0.3) is 0 Å². The van der Waals surface area contributed by atoms with Crippen molar-refractivity contribution in [2.45, 2.75) is 55.2 Å². The summed E-state index contributed by atoms with van der Waals surface area (Å²) in [5.41, 5.74) is 0. The first-order valence-corrected chi connectivity index (χ1v) is 9.30. The molecule has 1 aliphatic carbocycles. The molecule has 0 radical (unpaired) electrons. The molecule has 2 atom stereocenters. The van der Waals surface area contributed by atoms with Crippen LogP contribution in [0.25, 0.3) is 0 Å². The van der Waals surface area contributed by atoms with Crippen LogP contribution in [0.3, 0.4) is 0 Å². The number of thiophene rings is 1. The molecule has 0 bridgehead atoms. The third kappa shape index (κ3) is 2.79. The summed E-state index contributed by atoms with van der Waals surface area (Å²) in [6.45, 7) is 1.94. The summed E-state index contributed by atoms with van der Waals surface area (Å²) in [6.07, 6.45) is 3.92. The van der Waals surface area contributed by atoms with E-state index in [2.05, 4.69) is 32.3 Å². The van der Waals surface area contributed by atoms with Crippen LogP contribution in [-0.2, 0) is 16.0 Å². The van der Waals surface area contributed by atoms with Crippen molar-refractivity contribution >= 4 is 29.1 Å². The molecule has 7 heteroatoms. The van der Waals surface area contributed by atoms with Crippen LogP contribution in [0.5, 0.6) is 0 Å². The second kappa shape index (κ2) is 5.70. The van der Waals surface area contributed by atoms with Gasteiger partial charge in [-0.2, -0.15) is 0 Å². The zero-order valence-corrected chi connectivity index (χ0v) is 13.9. The lowest BCUT2D eigenvalue weighted by molar-refractivity contribution is -0.140. The van der Waals surface area contributed by atoms with Crippen molar-refractivity contribution in [3.8, 4) is 0 Å². The van der Waals surface area contributed by atoms with Crippen molar-refractivity contribution in [3.05, 3.63) is 28.2 Å². The van der Waals surface area contributed by atoms with Gasteiger partial charge in [-0.3, -0.25) is 4.79 Å². The van der Waals surface area contributed by atoms with Crippen molar-refractivity contribution in [2.24, 2.45) is 0 Å². The summed E-state index contributed by atoms with van der Waals surface area (Å²) in [4.78, 5) is 13.1. The Labute approximate surface area is 137 Å². The third-order valence-corrected chi connectivity index (χ3v) is 5.97. The van der Waals surface area contributed by atoms with E-state index in [1.807, 2.05) is 6.92 Å². The second-order valence-corrected chi connectivity index (χ2v) is 8.05. The fraction of sp³-hybridized carbons (Fsp3) is 0.533. The summed E-state index contributed by atoms with van der Waals surface area (Å²) in [5.74, 6) is 0.884. The molecular weight excluding hydrogens is 318 g/mol. The van der Waals surface area contributed by atoms with Gasteiger partial charge in [0.1, 0.15) is 17.2 Å². The molecule has 2 aliphatic rings. The molecule has 1 aliphatic heterocycles. The highest BCUT2D eigenvalue weighted by Crippen LogP contribution is 2.41. The van der Waals surface area contributed by atoms with Gasteiger partial charge in [0, 0.05) is 23.8 Å². The quantitative estimate of drug-likeness (QED) is 0.786. The smallest absolute Gasteiger partial charge is 0.319 e. The molecule has 0 unspecified atom stereocenters. The van der Waals surface area contributed by atoms with E-state index in [9.17, 15) is 4.79 Å². The first-order chi connectivity index (χ1) is 10.7. The molecule has 0 amide bonds. The summed E-state index contributed by atoms with van der Waals surface area (Å²) in [5, 5.41) is 11.5. The number of esters is 1. The normalized spacial score (nSPS) is 24.7. The number of thioether (sulfide) groups is 1. The van der Waals surface area contributed by atoms with Gasteiger partial charge >= 0.3 is 5.97 Å². The van der Waals surface area contributed by atoms with Gasteiger partial charge in [-0.15, -0.1) is 21.5 Å². The topological polar surface area (TPSA) is 57.0 Å². The maximum Gasteiger partial charge on any atom is 0.319 e. The van der Waals surface area contributed by atoms with Gasteiger partial charge in [-0.1, -0.05) is 17.8 Å². The van der Waals surface area contributed by atoms with E-state index in [0.717, 1.165) is 23.8 Å². The highest BCUT2D eigenvalue weighted by atomic mass is 32.2. The minimum absolute atomic E-state index is 0.00730. The van der Waals surface area contributed by atoms with Gasteiger partial charge in [0.05, 0.1) is 0 Å². The average molecular weight is 335 g/mol. The van der Waals surface area contributed by atoms with Crippen LogP contribution in [0.1, 0.15) is 42.9 Å². The second-order valence-electron chi connectivity index (χ2n) is 5.85. The Balaban J connectivity index is 1.57. The van der Waals surface area contributed by atoms with Crippen LogP contribution in [-0.4, -0.2) is 32.1 Å². The van der Waals surface area contributed by atoms with E-state index in [1.54, 1.807) is 11.3 Å². The molecule has 2 fully saturated rings. The largest absolute Gasteiger partial charge is 0.462 e. The van der Waals surface area contributed by atoms with Crippen LogP contribution in [0, 0.1) is 0 Å². The van der Waals surface area contributed by atoms with E-state index in [1.165, 1.54) is 29.5 Å². The van der Waals surface area contributed by atoms with Gasteiger partial charge in [0.15, 0.2) is 5.16 Å². The minimum Gasteiger partial charge on any atom is -0.462 e. The molecule has 0 N–H and O–H groups in total. The molecule has 5 nitrogen and oxygen atoms in total. The predicted molar refractivity (Wildman–Crippen MR) is 85.2 cm³/mol. The SMILES string of the molecule is C[C@H]1C[C@H](Sc2nnc(Cc3cccs3)n2C2CC2)C(=O)O1. The minimum atomic E-state index is -0.147. The average Bonchev–Trinajstić information content (AvgIpc) is 2.90. The molecule has 4 rings (SSSR count). The highest BCUT2D eigenvalue weighted by molar-refractivity contribution is 8.00. The van der Waals surface area contributed by atoms with Crippen molar-refractivity contribution in [3.63, 3.8) is 0 Å². The van der Waals surface area contributed by atoms with Crippen molar-refractivity contribution in [1.29, 1.82) is 0 Å². The van der Waals surface area contributed by atoms with Crippen LogP contribution < -0.4 is 0 Å². The molecule has 0 aromatic carbocycles. The molecule has 22 heavy (non-hydrogen) atoms.